The summed E-state index contributed by atoms with van der Waals surface area (Å²) in [6.07, 6.45) is 2.02. The summed E-state index contributed by atoms with van der Waals surface area (Å²) in [6.45, 7) is 10.4. The van der Waals surface area contributed by atoms with Gasteiger partial charge in [-0.25, -0.2) is 4.98 Å². The number of amides is 2. The lowest BCUT2D eigenvalue weighted by Crippen LogP contribution is -2.44. The number of hydrogen-bond donors (Lipinski definition) is 1. The van der Waals surface area contributed by atoms with Crippen molar-refractivity contribution < 1.29 is 9.59 Å². The van der Waals surface area contributed by atoms with Crippen LogP contribution in [0.15, 0.2) is 47.6 Å². The van der Waals surface area contributed by atoms with Crippen molar-refractivity contribution >= 4 is 40.3 Å². The van der Waals surface area contributed by atoms with Crippen LogP contribution in [0.5, 0.6) is 0 Å². The zero-order valence-electron chi connectivity index (χ0n) is 20.5. The molecule has 180 valence electrons. The number of piperidine rings is 1. The number of likely N-dealkylation sites (tertiary alicyclic amines) is 1. The maximum absolute atomic E-state index is 13.2. The van der Waals surface area contributed by atoms with Gasteiger partial charge in [-0.3, -0.25) is 9.59 Å². The lowest BCUT2D eigenvalue weighted by atomic mass is 9.92. The number of aryl methyl sites for hydroxylation is 2. The number of nitrogens with one attached hydrogen (secondary N) is 1. The Labute approximate surface area is 206 Å². The largest absolute Gasteiger partial charge is 0.341 e. The molecule has 2 aromatic carbocycles. The summed E-state index contributed by atoms with van der Waals surface area (Å²) in [5.74, 6) is 1.30. The fraction of sp³-hybridized carbons (Fsp3) is 0.444. The van der Waals surface area contributed by atoms with E-state index in [9.17, 15) is 9.59 Å². The van der Waals surface area contributed by atoms with Crippen molar-refractivity contribution in [2.75, 3.05) is 24.2 Å². The number of imidazole rings is 1. The summed E-state index contributed by atoms with van der Waals surface area (Å²) in [4.78, 5) is 32.8. The third-order valence-electron chi connectivity index (χ3n) is 6.47. The maximum Gasteiger partial charge on any atom is 0.242 e. The summed E-state index contributed by atoms with van der Waals surface area (Å²) in [5, 5.41) is 3.78. The topological polar surface area (TPSA) is 67.2 Å². The van der Waals surface area contributed by atoms with E-state index < -0.39 is 0 Å². The second-order valence-electron chi connectivity index (χ2n) is 9.51. The first-order valence-corrected chi connectivity index (χ1v) is 13.1. The van der Waals surface area contributed by atoms with E-state index in [-0.39, 0.29) is 24.1 Å². The summed E-state index contributed by atoms with van der Waals surface area (Å²) in [7, 11) is 0. The minimum atomic E-state index is -0.0717. The Balaban J connectivity index is 1.50. The Morgan fingerprint density at radius 1 is 1.09 bits per heavy atom. The summed E-state index contributed by atoms with van der Waals surface area (Å²) < 4.78 is 1.96. The van der Waals surface area contributed by atoms with Crippen LogP contribution >= 0.6 is 11.8 Å². The average molecular weight is 479 g/mol. The highest BCUT2D eigenvalue weighted by Crippen LogP contribution is 2.27. The van der Waals surface area contributed by atoms with Crippen LogP contribution in [-0.2, 0) is 22.6 Å². The predicted molar refractivity (Wildman–Crippen MR) is 139 cm³/mol. The second-order valence-corrected chi connectivity index (χ2v) is 10.5. The normalized spacial score (nSPS) is 18.3. The van der Waals surface area contributed by atoms with E-state index in [0.29, 0.717) is 17.0 Å². The number of fused-ring (bicyclic) bond motifs is 1. The van der Waals surface area contributed by atoms with Crippen LogP contribution in [0.2, 0.25) is 0 Å². The molecule has 0 radical (unpaired) electrons. The van der Waals surface area contributed by atoms with Crippen molar-refractivity contribution in [1.82, 2.24) is 14.5 Å². The fourth-order valence-electron chi connectivity index (χ4n) is 4.93. The number of carbonyl (C=O) groups is 2. The minimum absolute atomic E-state index is 0.0717. The molecule has 3 aromatic rings. The number of aromatic nitrogens is 2. The molecule has 0 spiro atoms. The molecular formula is C27H34N4O2S. The molecule has 0 bridgehead atoms. The molecule has 1 aliphatic heterocycles. The molecule has 0 unspecified atom stereocenters. The zero-order chi connectivity index (χ0) is 24.2. The van der Waals surface area contributed by atoms with Gasteiger partial charge in [0.1, 0.15) is 6.54 Å². The van der Waals surface area contributed by atoms with E-state index in [1.54, 1.807) is 0 Å². The van der Waals surface area contributed by atoms with E-state index in [1.165, 1.54) is 11.8 Å². The Morgan fingerprint density at radius 3 is 2.56 bits per heavy atom. The molecule has 1 saturated heterocycles. The predicted octanol–water partition coefficient (Wildman–Crippen LogP) is 5.14. The van der Waals surface area contributed by atoms with Gasteiger partial charge >= 0.3 is 0 Å². The van der Waals surface area contributed by atoms with Crippen LogP contribution in [0, 0.1) is 18.8 Å². The van der Waals surface area contributed by atoms with Crippen LogP contribution < -0.4 is 5.32 Å². The zero-order valence-corrected chi connectivity index (χ0v) is 21.3. The molecule has 2 atom stereocenters. The molecule has 6 nitrogen and oxygen atoms in total. The van der Waals surface area contributed by atoms with Gasteiger partial charge in [-0.1, -0.05) is 62.9 Å². The smallest absolute Gasteiger partial charge is 0.242 e. The van der Waals surface area contributed by atoms with Crippen LogP contribution in [0.3, 0.4) is 0 Å². The highest BCUT2D eigenvalue weighted by molar-refractivity contribution is 7.99. The second kappa shape index (κ2) is 10.6. The number of nitrogens with zero attached hydrogens (tertiary/aromatic N) is 3. The standard InChI is InChI=1S/C27H34N4O2S/c1-5-21-10-8-9-20(4)26(21)29-24(32)17-34-27-28-22-11-6-7-12-23(22)31(27)16-25(33)30-14-18(2)13-19(3)15-30/h6-12,18-19H,5,13-17H2,1-4H3,(H,29,32)/t18-,19-/m0/s1. The van der Waals surface area contributed by atoms with Crippen molar-refractivity contribution in [3.63, 3.8) is 0 Å². The molecule has 1 aromatic heterocycles. The molecule has 0 saturated carbocycles. The van der Waals surface area contributed by atoms with Crippen molar-refractivity contribution in [3.05, 3.63) is 53.6 Å². The Hall–Kier alpha value is -2.80. The number of benzene rings is 2. The Kier molecular flexibility index (Phi) is 7.61. The Bertz CT molecular complexity index is 1180. The first-order chi connectivity index (χ1) is 16.4. The van der Waals surface area contributed by atoms with Gasteiger partial charge in [-0.05, 0) is 54.9 Å². The highest BCUT2D eigenvalue weighted by atomic mass is 32.2. The number of para-hydroxylation sites is 3. The van der Waals surface area contributed by atoms with Gasteiger partial charge in [0.05, 0.1) is 16.8 Å². The first kappa shape index (κ1) is 24.3. The van der Waals surface area contributed by atoms with E-state index in [0.717, 1.165) is 53.8 Å². The fourth-order valence-corrected chi connectivity index (χ4v) is 5.74. The van der Waals surface area contributed by atoms with Gasteiger partial charge in [-0.15, -0.1) is 0 Å². The third-order valence-corrected chi connectivity index (χ3v) is 7.45. The van der Waals surface area contributed by atoms with Crippen LogP contribution in [0.25, 0.3) is 11.0 Å². The molecule has 34 heavy (non-hydrogen) atoms. The minimum Gasteiger partial charge on any atom is -0.341 e. The lowest BCUT2D eigenvalue weighted by Gasteiger charge is -2.35. The van der Waals surface area contributed by atoms with E-state index >= 15 is 0 Å². The van der Waals surface area contributed by atoms with Gasteiger partial charge in [-0.2, -0.15) is 0 Å². The summed E-state index contributed by atoms with van der Waals surface area (Å²) >= 11 is 1.38. The molecular weight excluding hydrogens is 444 g/mol. The average Bonchev–Trinajstić information content (AvgIpc) is 3.15. The van der Waals surface area contributed by atoms with Crippen molar-refractivity contribution in [2.45, 2.75) is 52.2 Å². The van der Waals surface area contributed by atoms with Crippen LogP contribution in [0.4, 0.5) is 5.69 Å². The van der Waals surface area contributed by atoms with Gasteiger partial charge in [0.15, 0.2) is 5.16 Å². The number of carbonyl (C=O) groups excluding carboxylic acids is 2. The van der Waals surface area contributed by atoms with Crippen molar-refractivity contribution in [1.29, 1.82) is 0 Å². The molecule has 2 amide bonds. The van der Waals surface area contributed by atoms with Crippen LogP contribution in [0.1, 0.15) is 38.3 Å². The van der Waals surface area contributed by atoms with Gasteiger partial charge in [0, 0.05) is 18.8 Å². The molecule has 7 heteroatoms. The van der Waals surface area contributed by atoms with Crippen molar-refractivity contribution in [2.24, 2.45) is 11.8 Å². The van der Waals surface area contributed by atoms with E-state index in [1.807, 2.05) is 58.9 Å². The quantitative estimate of drug-likeness (QED) is 0.477. The highest BCUT2D eigenvalue weighted by Gasteiger charge is 2.26. The molecule has 0 aliphatic carbocycles. The molecule has 2 heterocycles. The number of anilines is 1. The molecule has 4 rings (SSSR count). The Morgan fingerprint density at radius 2 is 1.82 bits per heavy atom. The molecule has 1 N–H and O–H groups in total. The van der Waals surface area contributed by atoms with Crippen LogP contribution in [-0.4, -0.2) is 45.1 Å². The molecule has 1 fully saturated rings. The molecule has 1 aliphatic rings. The van der Waals surface area contributed by atoms with Crippen molar-refractivity contribution in [3.8, 4) is 0 Å². The lowest BCUT2D eigenvalue weighted by molar-refractivity contribution is -0.134. The number of rotatable bonds is 7. The van der Waals surface area contributed by atoms with E-state index in [2.05, 4.69) is 26.1 Å². The van der Waals surface area contributed by atoms with E-state index in [4.69, 9.17) is 4.98 Å². The van der Waals surface area contributed by atoms with Gasteiger partial charge in [0.2, 0.25) is 11.8 Å². The van der Waals surface area contributed by atoms with Gasteiger partial charge in [0.25, 0.3) is 0 Å². The summed E-state index contributed by atoms with van der Waals surface area (Å²) in [5.41, 5.74) is 4.84. The third kappa shape index (κ3) is 5.46. The maximum atomic E-state index is 13.2. The first-order valence-electron chi connectivity index (χ1n) is 12.1. The van der Waals surface area contributed by atoms with Gasteiger partial charge < -0.3 is 14.8 Å². The SMILES string of the molecule is CCc1cccc(C)c1NC(=O)CSc1nc2ccccc2n1CC(=O)N1C[C@@H](C)C[C@H](C)C1. The number of hydrogen-bond acceptors (Lipinski definition) is 4. The monoisotopic (exact) mass is 478 g/mol. The number of thioether (sulfide) groups is 1. The summed E-state index contributed by atoms with van der Waals surface area (Å²) in [6, 6.07) is 13.9.